The van der Waals surface area contributed by atoms with Crippen LogP contribution in [0, 0.1) is 11.8 Å². The number of ketones is 1. The summed E-state index contributed by atoms with van der Waals surface area (Å²) in [6.07, 6.45) is 4.95. The Kier molecular flexibility index (Phi) is 1.34. The van der Waals surface area contributed by atoms with Gasteiger partial charge in [-0.1, -0.05) is 12.2 Å². The van der Waals surface area contributed by atoms with E-state index >= 15 is 0 Å². The number of Topliss-reactive ketones (excluding diaryl/α,β-unsaturated/α-hetero) is 1. The molecule has 54 valence electrons. The van der Waals surface area contributed by atoms with E-state index in [2.05, 4.69) is 6.08 Å². The first-order chi connectivity index (χ1) is 4.88. The van der Waals surface area contributed by atoms with Crippen LogP contribution in [-0.4, -0.2) is 19.0 Å². The van der Waals surface area contributed by atoms with Crippen molar-refractivity contribution in [3.63, 3.8) is 0 Å². The van der Waals surface area contributed by atoms with E-state index < -0.39 is 0 Å². The molecule has 2 aliphatic rings. The van der Waals surface area contributed by atoms with Crippen LogP contribution in [0.2, 0.25) is 0 Å². The van der Waals surface area contributed by atoms with Gasteiger partial charge in [-0.25, -0.2) is 0 Å². The van der Waals surface area contributed by atoms with Crippen molar-refractivity contribution >= 4 is 5.78 Å². The van der Waals surface area contributed by atoms with Gasteiger partial charge in [-0.05, 0) is 6.42 Å². The molecule has 0 radical (unpaired) electrons. The van der Waals surface area contributed by atoms with E-state index in [9.17, 15) is 4.79 Å². The summed E-state index contributed by atoms with van der Waals surface area (Å²) in [6.45, 7) is 1.24. The minimum atomic E-state index is 0.0764. The molecule has 2 rings (SSSR count). The van der Waals surface area contributed by atoms with Crippen molar-refractivity contribution in [3.8, 4) is 0 Å². The lowest BCUT2D eigenvalue weighted by Gasteiger charge is -2.28. The van der Waals surface area contributed by atoms with E-state index in [4.69, 9.17) is 4.74 Å². The predicted octanol–water partition coefficient (Wildman–Crippen LogP) is 0.778. The number of carbonyl (C=O) groups is 1. The van der Waals surface area contributed by atoms with Crippen LogP contribution in [0.3, 0.4) is 0 Å². The average Bonchev–Trinajstić information content (AvgIpc) is 1.86. The standard InChI is InChI=1S/C8H10O2/c9-8-6-2-1-3-7(8)5-10-4-6/h1-2,6-7H,3-5H2/t6-,7-/m0/s1. The zero-order chi connectivity index (χ0) is 6.97. The Morgan fingerprint density at radius 2 is 2.40 bits per heavy atom. The molecule has 1 heterocycles. The maximum absolute atomic E-state index is 11.3. The molecule has 0 aromatic heterocycles. The van der Waals surface area contributed by atoms with E-state index in [0.29, 0.717) is 19.0 Å². The minimum absolute atomic E-state index is 0.0764. The Balaban J connectivity index is 2.25. The monoisotopic (exact) mass is 138 g/mol. The van der Waals surface area contributed by atoms with Crippen molar-refractivity contribution in [2.45, 2.75) is 6.42 Å². The molecule has 2 heteroatoms. The summed E-state index contributed by atoms with van der Waals surface area (Å²) in [5.41, 5.74) is 0. The SMILES string of the molecule is O=C1[C@H]2CC=C[C@H]1COC2. The number of carbonyl (C=O) groups excluding carboxylic acids is 1. The number of hydrogen-bond acceptors (Lipinski definition) is 2. The van der Waals surface area contributed by atoms with Crippen molar-refractivity contribution in [3.05, 3.63) is 12.2 Å². The number of rotatable bonds is 0. The molecule has 2 atom stereocenters. The highest BCUT2D eigenvalue weighted by Crippen LogP contribution is 2.24. The van der Waals surface area contributed by atoms with Gasteiger partial charge in [0.05, 0.1) is 19.1 Å². The third-order valence-corrected chi connectivity index (χ3v) is 2.17. The fourth-order valence-electron chi connectivity index (χ4n) is 1.55. The van der Waals surface area contributed by atoms with E-state index in [0.717, 1.165) is 6.42 Å². The maximum Gasteiger partial charge on any atom is 0.147 e. The zero-order valence-electron chi connectivity index (χ0n) is 5.75. The summed E-state index contributed by atoms with van der Waals surface area (Å²) in [5, 5.41) is 0. The van der Waals surface area contributed by atoms with Crippen LogP contribution < -0.4 is 0 Å². The van der Waals surface area contributed by atoms with Crippen LogP contribution in [-0.2, 0) is 9.53 Å². The molecule has 1 aliphatic carbocycles. The van der Waals surface area contributed by atoms with Crippen LogP contribution in [0.25, 0.3) is 0 Å². The number of fused-ring (bicyclic) bond motifs is 2. The molecule has 0 saturated carbocycles. The molecule has 0 aromatic carbocycles. The largest absolute Gasteiger partial charge is 0.380 e. The highest BCUT2D eigenvalue weighted by Gasteiger charge is 2.31. The smallest absolute Gasteiger partial charge is 0.147 e. The fraction of sp³-hybridized carbons (Fsp3) is 0.625. The molecular formula is C8H10O2. The quantitative estimate of drug-likeness (QED) is 0.462. The highest BCUT2D eigenvalue weighted by molar-refractivity contribution is 5.86. The van der Waals surface area contributed by atoms with Crippen molar-refractivity contribution in [1.29, 1.82) is 0 Å². The maximum atomic E-state index is 11.3. The summed E-state index contributed by atoms with van der Waals surface area (Å²) in [4.78, 5) is 11.3. The second-order valence-electron chi connectivity index (χ2n) is 2.91. The van der Waals surface area contributed by atoms with Gasteiger partial charge in [0.1, 0.15) is 5.78 Å². The first kappa shape index (κ1) is 6.10. The average molecular weight is 138 g/mol. The van der Waals surface area contributed by atoms with E-state index in [1.165, 1.54) is 0 Å². The van der Waals surface area contributed by atoms with Gasteiger partial charge in [-0.15, -0.1) is 0 Å². The Morgan fingerprint density at radius 3 is 3.10 bits per heavy atom. The number of ether oxygens (including phenoxy) is 1. The van der Waals surface area contributed by atoms with Crippen LogP contribution in [0.5, 0.6) is 0 Å². The summed E-state index contributed by atoms with van der Waals surface area (Å²) in [5.74, 6) is 0.630. The van der Waals surface area contributed by atoms with Crippen molar-refractivity contribution < 1.29 is 9.53 Å². The normalized spacial score (nSPS) is 38.2. The van der Waals surface area contributed by atoms with E-state index in [1.807, 2.05) is 6.08 Å². The van der Waals surface area contributed by atoms with Gasteiger partial charge in [-0.2, -0.15) is 0 Å². The highest BCUT2D eigenvalue weighted by atomic mass is 16.5. The Bertz CT molecular complexity index is 184. The second kappa shape index (κ2) is 2.20. The summed E-state index contributed by atoms with van der Waals surface area (Å²) in [6, 6.07) is 0. The fourth-order valence-corrected chi connectivity index (χ4v) is 1.55. The van der Waals surface area contributed by atoms with Gasteiger partial charge >= 0.3 is 0 Å². The van der Waals surface area contributed by atoms with Crippen molar-refractivity contribution in [1.82, 2.24) is 0 Å². The Morgan fingerprint density at radius 1 is 1.50 bits per heavy atom. The molecule has 0 unspecified atom stereocenters. The van der Waals surface area contributed by atoms with E-state index in [1.54, 1.807) is 0 Å². The molecule has 2 bridgehead atoms. The Hall–Kier alpha value is -0.630. The van der Waals surface area contributed by atoms with Crippen LogP contribution in [0.1, 0.15) is 6.42 Å². The molecule has 2 nitrogen and oxygen atoms in total. The topological polar surface area (TPSA) is 26.3 Å². The molecule has 1 saturated heterocycles. The van der Waals surface area contributed by atoms with Crippen molar-refractivity contribution in [2.24, 2.45) is 11.8 Å². The van der Waals surface area contributed by atoms with Gasteiger partial charge in [-0.3, -0.25) is 4.79 Å². The number of hydrogen-bond donors (Lipinski definition) is 0. The third kappa shape index (κ3) is 0.797. The molecule has 0 N–H and O–H groups in total. The molecule has 0 spiro atoms. The van der Waals surface area contributed by atoms with Gasteiger partial charge in [0.15, 0.2) is 0 Å². The van der Waals surface area contributed by atoms with Crippen LogP contribution in [0.4, 0.5) is 0 Å². The summed E-state index contributed by atoms with van der Waals surface area (Å²) in [7, 11) is 0. The zero-order valence-corrected chi connectivity index (χ0v) is 5.75. The van der Waals surface area contributed by atoms with E-state index in [-0.39, 0.29) is 11.8 Å². The summed E-state index contributed by atoms with van der Waals surface area (Å²) < 4.78 is 5.23. The lowest BCUT2D eigenvalue weighted by Crippen LogP contribution is -2.36. The van der Waals surface area contributed by atoms with Crippen molar-refractivity contribution in [2.75, 3.05) is 13.2 Å². The second-order valence-corrected chi connectivity index (χ2v) is 2.91. The van der Waals surface area contributed by atoms with Crippen LogP contribution in [0.15, 0.2) is 12.2 Å². The lowest BCUT2D eigenvalue weighted by atomic mass is 9.84. The first-order valence-corrected chi connectivity index (χ1v) is 3.66. The predicted molar refractivity (Wildman–Crippen MR) is 36.6 cm³/mol. The lowest BCUT2D eigenvalue weighted by molar-refractivity contribution is -0.135. The molecule has 10 heavy (non-hydrogen) atoms. The summed E-state index contributed by atoms with van der Waals surface area (Å²) >= 11 is 0. The molecular weight excluding hydrogens is 128 g/mol. The van der Waals surface area contributed by atoms with Gasteiger partial charge in [0, 0.05) is 5.92 Å². The minimum Gasteiger partial charge on any atom is -0.380 e. The third-order valence-electron chi connectivity index (χ3n) is 2.17. The van der Waals surface area contributed by atoms with Crippen LogP contribution >= 0.6 is 0 Å². The number of allylic oxidation sites excluding steroid dienone is 1. The molecule has 0 amide bonds. The molecule has 0 aromatic rings. The molecule has 1 fully saturated rings. The van der Waals surface area contributed by atoms with Gasteiger partial charge in [0.25, 0.3) is 0 Å². The Labute approximate surface area is 59.9 Å². The molecule has 1 aliphatic heterocycles. The first-order valence-electron chi connectivity index (χ1n) is 3.66. The van der Waals surface area contributed by atoms with Gasteiger partial charge < -0.3 is 4.74 Å². The van der Waals surface area contributed by atoms with Gasteiger partial charge in [0.2, 0.25) is 0 Å².